The first kappa shape index (κ1) is 66.8. The molecule has 21 nitrogen and oxygen atoms in total. The lowest BCUT2D eigenvalue weighted by Gasteiger charge is -2.22. The fourth-order valence-corrected chi connectivity index (χ4v) is 8.50. The molecule has 3 unspecified atom stereocenters. The van der Waals surface area contributed by atoms with Crippen molar-refractivity contribution in [3.8, 4) is 0 Å². The van der Waals surface area contributed by atoms with Gasteiger partial charge in [0.15, 0.2) is 0 Å². The molecular formula is C43H98N4O17Si3. The molecule has 0 spiro atoms. The Morgan fingerprint density at radius 3 is 0.970 bits per heavy atom. The van der Waals surface area contributed by atoms with Gasteiger partial charge in [-0.3, -0.25) is 0 Å². The Morgan fingerprint density at radius 1 is 0.358 bits per heavy atom. The predicted octanol–water partition coefficient (Wildman–Crippen LogP) is -0.886. The molecule has 404 valence electrons. The molecule has 67 heavy (non-hydrogen) atoms. The Labute approximate surface area is 405 Å². The van der Waals surface area contributed by atoms with E-state index in [9.17, 15) is 10.2 Å². The van der Waals surface area contributed by atoms with Crippen molar-refractivity contribution in [3.63, 3.8) is 0 Å². The van der Waals surface area contributed by atoms with Crippen LogP contribution in [0.2, 0.25) is 18.1 Å². The van der Waals surface area contributed by atoms with Crippen LogP contribution in [-0.4, -0.2) is 235 Å². The topological polar surface area (TPSA) is 317 Å². The zero-order chi connectivity index (χ0) is 49.8. The van der Waals surface area contributed by atoms with Gasteiger partial charge in [0, 0.05) is 90.7 Å². The van der Waals surface area contributed by atoms with Gasteiger partial charge in [-0.15, -0.1) is 0 Å². The van der Waals surface area contributed by atoms with Gasteiger partial charge >= 0.3 is 26.4 Å². The van der Waals surface area contributed by atoms with Crippen LogP contribution in [0.15, 0.2) is 0 Å². The molecule has 0 aromatic heterocycles. The number of nitrogens with one attached hydrogen (secondary N) is 3. The number of hydrogen-bond acceptors (Lipinski definition) is 21. The summed E-state index contributed by atoms with van der Waals surface area (Å²) in [6.45, 7) is 15.5. The monoisotopic (exact) mass is 1030 g/mol. The number of unbranched alkanes of at least 4 members (excludes halogenated alkanes) is 6. The highest BCUT2D eigenvalue weighted by molar-refractivity contribution is 6.56. The average Bonchev–Trinajstić information content (AvgIpc) is 3.24. The Bertz CT molecular complexity index is 919. The molecule has 0 amide bonds. The molecule has 0 rings (SSSR count). The maximum atomic E-state index is 10.0. The average molecular weight is 1030 g/mol. The molecule has 0 aliphatic rings. The third-order valence-corrected chi connectivity index (χ3v) is 13.5. The Morgan fingerprint density at radius 2 is 0.642 bits per heavy atom. The zero-order valence-corrected chi connectivity index (χ0v) is 44.1. The molecule has 0 bridgehead atoms. The summed E-state index contributed by atoms with van der Waals surface area (Å²) in [5.41, 5.74) is 0. The number of aliphatic hydroxyl groups excluding tert-OH is 2. The quantitative estimate of drug-likeness (QED) is 0.0260. The van der Waals surface area contributed by atoms with Crippen LogP contribution < -0.4 is 16.0 Å². The third kappa shape index (κ3) is 56.6. The zero-order valence-electron chi connectivity index (χ0n) is 41.1. The standard InChI is InChI=1S/C43H98N4O17Si3/c1-41(38-62-29-14-32-65(50,51)52)35-44-17-2-8-23-59-26-11-5-20-47(21-6-12-27-60-24-9-3-18-45-36-42(48)39-63-30-15-33-66(53,54)55)22-7-13-28-61-25-10-4-19-46-37-43(49)40-64-31-16-34-67(56,57)58/h41-46,48-58H,2-40H2,1H3. The van der Waals surface area contributed by atoms with Crippen molar-refractivity contribution >= 4 is 26.4 Å². The van der Waals surface area contributed by atoms with Crippen LogP contribution in [0.25, 0.3) is 0 Å². The smallest absolute Gasteiger partial charge is 0.390 e. The number of nitrogens with zero attached hydrogens (tertiary/aromatic N) is 1. The molecule has 24 heteroatoms. The second kappa shape index (κ2) is 45.7. The fraction of sp³-hybridized carbons (Fsp3) is 1.00. The highest BCUT2D eigenvalue weighted by Crippen LogP contribution is 2.07. The van der Waals surface area contributed by atoms with Gasteiger partial charge in [-0.25, -0.2) is 0 Å². The van der Waals surface area contributed by atoms with Gasteiger partial charge < -0.3 is 103 Å². The van der Waals surface area contributed by atoms with Crippen LogP contribution in [0, 0.1) is 5.92 Å². The number of ether oxygens (including phenoxy) is 6. The molecule has 0 heterocycles. The van der Waals surface area contributed by atoms with Gasteiger partial charge in [-0.2, -0.15) is 0 Å². The van der Waals surface area contributed by atoms with Gasteiger partial charge in [0.05, 0.1) is 32.0 Å². The van der Waals surface area contributed by atoms with E-state index in [1.165, 1.54) is 0 Å². The summed E-state index contributed by atoms with van der Waals surface area (Å²) < 4.78 is 33.9. The first-order chi connectivity index (χ1) is 32.0. The van der Waals surface area contributed by atoms with Gasteiger partial charge in [-0.05, 0) is 148 Å². The summed E-state index contributed by atoms with van der Waals surface area (Å²) in [5.74, 6) is 0.342. The third-order valence-electron chi connectivity index (χ3n) is 10.4. The first-order valence-corrected chi connectivity index (χ1v) is 31.3. The van der Waals surface area contributed by atoms with E-state index < -0.39 is 38.6 Å². The van der Waals surface area contributed by atoms with Crippen molar-refractivity contribution in [1.82, 2.24) is 20.9 Å². The molecule has 14 N–H and O–H groups in total. The lowest BCUT2D eigenvalue weighted by atomic mass is 10.2. The SMILES string of the molecule is CC(CNCCCCOCCCCN(CCCCOCCCCNCC(O)COCCC[Si](O)(O)O)CCCCOCCCCNCC(O)COCCC[Si](O)(O)O)COCCC[Si](O)(O)O. The molecule has 0 radical (unpaired) electrons. The van der Waals surface area contributed by atoms with E-state index in [1.54, 1.807) is 0 Å². The van der Waals surface area contributed by atoms with Crippen LogP contribution in [0.1, 0.15) is 103 Å². The summed E-state index contributed by atoms with van der Waals surface area (Å²) in [5, 5.41) is 29.9. The molecule has 0 aromatic carbocycles. The highest BCUT2D eigenvalue weighted by atomic mass is 28.4. The van der Waals surface area contributed by atoms with Crippen molar-refractivity contribution in [3.05, 3.63) is 0 Å². The van der Waals surface area contributed by atoms with Crippen LogP contribution in [0.3, 0.4) is 0 Å². The molecule has 3 atom stereocenters. The summed E-state index contributed by atoms with van der Waals surface area (Å²) in [6, 6.07) is -0.154. The maximum absolute atomic E-state index is 10.0. The predicted molar refractivity (Wildman–Crippen MR) is 262 cm³/mol. The summed E-state index contributed by atoms with van der Waals surface area (Å²) in [4.78, 5) is 83.8. The molecule has 0 fully saturated rings. The van der Waals surface area contributed by atoms with Crippen LogP contribution in [0.5, 0.6) is 0 Å². The van der Waals surface area contributed by atoms with Crippen molar-refractivity contribution in [2.45, 2.75) is 134 Å². The largest absolute Gasteiger partial charge is 0.492 e. The second-order valence-electron chi connectivity index (χ2n) is 17.8. The lowest BCUT2D eigenvalue weighted by Crippen LogP contribution is -2.34. The minimum atomic E-state index is -4.03. The Kier molecular flexibility index (Phi) is 45.5. The Balaban J connectivity index is 4.17. The van der Waals surface area contributed by atoms with Crippen molar-refractivity contribution < 1.29 is 81.8 Å². The number of aliphatic hydroxyl groups is 2. The summed E-state index contributed by atoms with van der Waals surface area (Å²) >= 11 is 0. The molecule has 0 aliphatic carbocycles. The number of rotatable bonds is 54. The summed E-state index contributed by atoms with van der Waals surface area (Å²) in [7, 11) is -12.0. The lowest BCUT2D eigenvalue weighted by molar-refractivity contribution is 0.0362. The second-order valence-corrected chi connectivity index (χ2v) is 24.0. The van der Waals surface area contributed by atoms with Gasteiger partial charge in [0.25, 0.3) is 0 Å². The van der Waals surface area contributed by atoms with Crippen molar-refractivity contribution in [1.29, 1.82) is 0 Å². The van der Waals surface area contributed by atoms with E-state index in [1.807, 2.05) is 0 Å². The van der Waals surface area contributed by atoms with Crippen molar-refractivity contribution in [2.75, 3.05) is 138 Å². The normalized spacial score (nSPS) is 14.1. The molecule has 0 aromatic rings. The van der Waals surface area contributed by atoms with E-state index in [4.69, 9.17) is 71.6 Å². The molecule has 0 saturated carbocycles. The molecule has 0 aliphatic heterocycles. The van der Waals surface area contributed by atoms with Crippen LogP contribution in [-0.2, 0) is 28.4 Å². The molecule has 0 saturated heterocycles. The Hall–Kier alpha value is -0.189. The van der Waals surface area contributed by atoms with Crippen molar-refractivity contribution in [2.24, 2.45) is 5.92 Å². The molecular weight excluding hydrogens is 929 g/mol. The van der Waals surface area contributed by atoms with E-state index in [0.717, 1.165) is 149 Å². The fourth-order valence-electron chi connectivity index (χ4n) is 6.64. The van der Waals surface area contributed by atoms with Gasteiger partial charge in [0.1, 0.15) is 0 Å². The van der Waals surface area contributed by atoms with Crippen LogP contribution >= 0.6 is 0 Å². The van der Waals surface area contributed by atoms with E-state index in [0.29, 0.717) is 64.7 Å². The van der Waals surface area contributed by atoms with Gasteiger partial charge in [0.2, 0.25) is 0 Å². The summed E-state index contributed by atoms with van der Waals surface area (Å²) in [6.07, 6.45) is 11.8. The minimum absolute atomic E-state index is 0.000319. The van der Waals surface area contributed by atoms with Gasteiger partial charge in [-0.1, -0.05) is 6.92 Å². The first-order valence-electron chi connectivity index (χ1n) is 25.2. The van der Waals surface area contributed by atoms with E-state index in [2.05, 4.69) is 27.8 Å². The van der Waals surface area contributed by atoms with Crippen LogP contribution in [0.4, 0.5) is 0 Å². The van der Waals surface area contributed by atoms with E-state index >= 15 is 0 Å². The highest BCUT2D eigenvalue weighted by Gasteiger charge is 2.27. The number of hydrogen-bond donors (Lipinski definition) is 14. The minimum Gasteiger partial charge on any atom is -0.390 e. The maximum Gasteiger partial charge on any atom is 0.492 e. The van der Waals surface area contributed by atoms with E-state index in [-0.39, 0.29) is 44.6 Å².